The van der Waals surface area contributed by atoms with Crippen molar-refractivity contribution in [2.24, 2.45) is 0 Å². The molecule has 2 aromatic rings. The van der Waals surface area contributed by atoms with Crippen LogP contribution in [0.15, 0.2) is 48.5 Å². The van der Waals surface area contributed by atoms with Gasteiger partial charge in [-0.15, -0.1) is 0 Å². The van der Waals surface area contributed by atoms with Gasteiger partial charge in [-0.25, -0.2) is 4.39 Å². The Morgan fingerprint density at radius 3 is 2.56 bits per heavy atom. The van der Waals surface area contributed by atoms with Crippen LogP contribution in [-0.2, 0) is 11.2 Å². The van der Waals surface area contributed by atoms with Crippen molar-refractivity contribution in [3.8, 4) is 5.75 Å². The van der Waals surface area contributed by atoms with Crippen LogP contribution in [0.25, 0.3) is 0 Å². The Bertz CT molecular complexity index is 718. The molecule has 1 amide bonds. The molecule has 3 rings (SSSR count). The van der Waals surface area contributed by atoms with Crippen LogP contribution in [0.3, 0.4) is 0 Å². The summed E-state index contributed by atoms with van der Waals surface area (Å²) in [5.41, 5.74) is 1.91. The van der Waals surface area contributed by atoms with Crippen molar-refractivity contribution >= 4 is 11.6 Å². The Labute approximate surface area is 147 Å². The zero-order valence-electron chi connectivity index (χ0n) is 14.5. The first-order valence-electron chi connectivity index (χ1n) is 8.57. The lowest BCUT2D eigenvalue weighted by Crippen LogP contribution is -2.36. The number of carbonyl (C=O) groups is 1. The summed E-state index contributed by atoms with van der Waals surface area (Å²) in [6.45, 7) is 3.03. The second kappa shape index (κ2) is 8.01. The van der Waals surface area contributed by atoms with E-state index < -0.39 is 0 Å². The van der Waals surface area contributed by atoms with Crippen LogP contribution in [0.2, 0.25) is 0 Å². The van der Waals surface area contributed by atoms with Gasteiger partial charge < -0.3 is 14.5 Å². The third-order valence-corrected chi connectivity index (χ3v) is 4.57. The molecule has 0 unspecified atom stereocenters. The highest BCUT2D eigenvalue weighted by molar-refractivity contribution is 5.79. The molecule has 25 heavy (non-hydrogen) atoms. The fourth-order valence-electron chi connectivity index (χ4n) is 3.20. The molecule has 0 aromatic heterocycles. The second-order valence-electron chi connectivity index (χ2n) is 6.19. The fourth-order valence-corrected chi connectivity index (χ4v) is 3.20. The normalized spacial score (nSPS) is 15.0. The highest BCUT2D eigenvalue weighted by Gasteiger charge is 2.20. The zero-order valence-corrected chi connectivity index (χ0v) is 14.5. The molecule has 0 N–H and O–H groups in total. The minimum atomic E-state index is -0.229. The van der Waals surface area contributed by atoms with Crippen LogP contribution in [0.4, 0.5) is 10.1 Å². The van der Waals surface area contributed by atoms with E-state index in [1.54, 1.807) is 19.2 Å². The van der Waals surface area contributed by atoms with E-state index in [9.17, 15) is 9.18 Å². The van der Waals surface area contributed by atoms with Crippen molar-refractivity contribution < 1.29 is 13.9 Å². The van der Waals surface area contributed by atoms with Crippen LogP contribution in [-0.4, -0.2) is 44.1 Å². The summed E-state index contributed by atoms with van der Waals surface area (Å²) in [5, 5.41) is 0. The third-order valence-electron chi connectivity index (χ3n) is 4.57. The summed E-state index contributed by atoms with van der Waals surface area (Å²) >= 11 is 0. The number of amides is 1. The minimum absolute atomic E-state index is 0.116. The van der Waals surface area contributed by atoms with E-state index in [4.69, 9.17) is 4.74 Å². The van der Waals surface area contributed by atoms with Crippen LogP contribution in [0, 0.1) is 5.82 Å². The quantitative estimate of drug-likeness (QED) is 0.856. The average molecular weight is 342 g/mol. The van der Waals surface area contributed by atoms with Gasteiger partial charge in [0.05, 0.1) is 13.5 Å². The van der Waals surface area contributed by atoms with E-state index in [2.05, 4.69) is 4.90 Å². The van der Waals surface area contributed by atoms with E-state index in [0.717, 1.165) is 43.1 Å². The van der Waals surface area contributed by atoms with Crippen LogP contribution in [0.1, 0.15) is 12.0 Å². The number of hydrogen-bond acceptors (Lipinski definition) is 3. The lowest BCUT2D eigenvalue weighted by atomic mass is 10.1. The summed E-state index contributed by atoms with van der Waals surface area (Å²) in [4.78, 5) is 16.8. The molecular weight excluding hydrogens is 319 g/mol. The molecule has 1 fully saturated rings. The Kier molecular flexibility index (Phi) is 5.53. The molecular formula is C20H23FN2O2. The molecule has 5 heteroatoms. The number of methoxy groups -OCH3 is 1. The lowest BCUT2D eigenvalue weighted by molar-refractivity contribution is -0.130. The molecule has 1 aliphatic heterocycles. The molecule has 2 aromatic carbocycles. The van der Waals surface area contributed by atoms with Gasteiger partial charge in [0.1, 0.15) is 11.6 Å². The van der Waals surface area contributed by atoms with E-state index in [-0.39, 0.29) is 11.7 Å². The van der Waals surface area contributed by atoms with Crippen molar-refractivity contribution in [1.82, 2.24) is 4.90 Å². The second-order valence-corrected chi connectivity index (χ2v) is 6.19. The summed E-state index contributed by atoms with van der Waals surface area (Å²) < 4.78 is 18.4. The van der Waals surface area contributed by atoms with Crippen LogP contribution >= 0.6 is 0 Å². The largest absolute Gasteiger partial charge is 0.496 e. The number of para-hydroxylation sites is 1. The molecule has 0 atom stereocenters. The maximum Gasteiger partial charge on any atom is 0.227 e. The molecule has 0 spiro atoms. The van der Waals surface area contributed by atoms with Gasteiger partial charge in [0.2, 0.25) is 5.91 Å². The first kappa shape index (κ1) is 17.3. The van der Waals surface area contributed by atoms with Gasteiger partial charge in [-0.1, -0.05) is 18.2 Å². The minimum Gasteiger partial charge on any atom is -0.496 e. The van der Waals surface area contributed by atoms with Crippen molar-refractivity contribution in [2.75, 3.05) is 38.2 Å². The number of carbonyl (C=O) groups excluding carboxylic acids is 1. The van der Waals surface area contributed by atoms with Gasteiger partial charge in [-0.2, -0.15) is 0 Å². The molecule has 0 radical (unpaired) electrons. The maximum atomic E-state index is 13.1. The fraction of sp³-hybridized carbons (Fsp3) is 0.350. The third kappa shape index (κ3) is 4.29. The molecule has 1 heterocycles. The highest BCUT2D eigenvalue weighted by Crippen LogP contribution is 2.20. The van der Waals surface area contributed by atoms with Gasteiger partial charge in [0, 0.05) is 37.4 Å². The predicted molar refractivity (Wildman–Crippen MR) is 96.5 cm³/mol. The van der Waals surface area contributed by atoms with Crippen LogP contribution < -0.4 is 9.64 Å². The van der Waals surface area contributed by atoms with Crippen molar-refractivity contribution in [3.05, 3.63) is 59.9 Å². The maximum absolute atomic E-state index is 13.1. The molecule has 0 saturated carbocycles. The van der Waals surface area contributed by atoms with E-state index in [1.807, 2.05) is 29.2 Å². The van der Waals surface area contributed by atoms with Gasteiger partial charge >= 0.3 is 0 Å². The smallest absolute Gasteiger partial charge is 0.227 e. The molecule has 1 aliphatic rings. The van der Waals surface area contributed by atoms with Gasteiger partial charge in [0.25, 0.3) is 0 Å². The Balaban J connectivity index is 1.62. The van der Waals surface area contributed by atoms with E-state index in [0.29, 0.717) is 13.0 Å². The summed E-state index contributed by atoms with van der Waals surface area (Å²) in [7, 11) is 1.62. The van der Waals surface area contributed by atoms with Crippen LogP contribution in [0.5, 0.6) is 5.75 Å². The van der Waals surface area contributed by atoms with Crippen molar-refractivity contribution in [2.45, 2.75) is 12.8 Å². The first-order valence-corrected chi connectivity index (χ1v) is 8.57. The Morgan fingerprint density at radius 2 is 1.80 bits per heavy atom. The number of anilines is 1. The molecule has 132 valence electrons. The topological polar surface area (TPSA) is 32.8 Å². The standard InChI is InChI=1S/C20H23FN2O2/c1-25-19-6-3-2-5-16(19)15-20(24)23-12-4-11-22(13-14-23)18-9-7-17(21)8-10-18/h2-3,5-10H,4,11-15H2,1H3. The predicted octanol–water partition coefficient (Wildman–Crippen LogP) is 3.12. The van der Waals surface area contributed by atoms with Crippen molar-refractivity contribution in [3.63, 3.8) is 0 Å². The van der Waals surface area contributed by atoms with Gasteiger partial charge in [-0.05, 0) is 36.8 Å². The van der Waals surface area contributed by atoms with Gasteiger partial charge in [0.15, 0.2) is 0 Å². The number of benzene rings is 2. The Morgan fingerprint density at radius 1 is 1.04 bits per heavy atom. The van der Waals surface area contributed by atoms with Crippen molar-refractivity contribution in [1.29, 1.82) is 0 Å². The monoisotopic (exact) mass is 342 g/mol. The number of nitrogens with zero attached hydrogens (tertiary/aromatic N) is 2. The highest BCUT2D eigenvalue weighted by atomic mass is 19.1. The zero-order chi connectivity index (χ0) is 17.6. The van der Waals surface area contributed by atoms with E-state index >= 15 is 0 Å². The summed E-state index contributed by atoms with van der Waals surface area (Å²) in [6, 6.07) is 14.2. The number of rotatable bonds is 4. The van der Waals surface area contributed by atoms with E-state index in [1.165, 1.54) is 12.1 Å². The average Bonchev–Trinajstić information content (AvgIpc) is 2.89. The molecule has 4 nitrogen and oxygen atoms in total. The summed E-state index contributed by atoms with van der Waals surface area (Å²) in [5.74, 6) is 0.635. The first-order chi connectivity index (χ1) is 12.2. The molecule has 0 bridgehead atoms. The number of ether oxygens (including phenoxy) is 1. The molecule has 0 aliphatic carbocycles. The SMILES string of the molecule is COc1ccccc1CC(=O)N1CCCN(c2ccc(F)cc2)CC1. The Hall–Kier alpha value is -2.56. The number of hydrogen-bond donors (Lipinski definition) is 0. The lowest BCUT2D eigenvalue weighted by Gasteiger charge is -2.24. The summed E-state index contributed by atoms with van der Waals surface area (Å²) in [6.07, 6.45) is 1.25. The number of halogens is 1. The van der Waals surface area contributed by atoms with Gasteiger partial charge in [-0.3, -0.25) is 4.79 Å². The molecule has 1 saturated heterocycles.